The lowest BCUT2D eigenvalue weighted by molar-refractivity contribution is 0.521. The summed E-state index contributed by atoms with van der Waals surface area (Å²) in [5.41, 5.74) is 2.81. The largest absolute Gasteiger partial charge is 0.366 e. The SMILES string of the molecule is O=S(=O)(Nc1cccc(CNc2cc(-c3ccccc3Cl)nc3c(Br)cnn23)c1)c1c(F)cccc1F. The van der Waals surface area contributed by atoms with Gasteiger partial charge in [0.1, 0.15) is 17.5 Å². The maximum absolute atomic E-state index is 14.1. The molecule has 0 radical (unpaired) electrons. The first-order valence-corrected chi connectivity index (χ1v) is 13.5. The molecule has 2 heterocycles. The minimum atomic E-state index is -4.49. The van der Waals surface area contributed by atoms with E-state index in [0.29, 0.717) is 32.2 Å². The molecule has 0 saturated heterocycles. The molecule has 2 N–H and O–H groups in total. The summed E-state index contributed by atoms with van der Waals surface area (Å²) in [4.78, 5) is 3.64. The van der Waals surface area contributed by atoms with Crippen molar-refractivity contribution in [2.45, 2.75) is 11.4 Å². The number of nitrogens with one attached hydrogen (secondary N) is 2. The Morgan fingerprint density at radius 1 is 0.973 bits per heavy atom. The van der Waals surface area contributed by atoms with Gasteiger partial charge in [-0.05, 0) is 51.8 Å². The van der Waals surface area contributed by atoms with Crippen LogP contribution in [0, 0.1) is 11.6 Å². The molecule has 0 atom stereocenters. The number of halogens is 4. The van der Waals surface area contributed by atoms with E-state index >= 15 is 0 Å². The highest BCUT2D eigenvalue weighted by Gasteiger charge is 2.24. The third-order valence-corrected chi connectivity index (χ3v) is 7.74. The van der Waals surface area contributed by atoms with Crippen molar-refractivity contribution in [1.29, 1.82) is 0 Å². The third kappa shape index (κ3) is 5.15. The summed E-state index contributed by atoms with van der Waals surface area (Å²) in [5.74, 6) is -1.73. The van der Waals surface area contributed by atoms with Crippen LogP contribution >= 0.6 is 27.5 Å². The van der Waals surface area contributed by atoms with E-state index in [1.807, 2.05) is 18.2 Å². The Labute approximate surface area is 224 Å². The molecule has 5 aromatic rings. The maximum Gasteiger partial charge on any atom is 0.267 e. The lowest BCUT2D eigenvalue weighted by Crippen LogP contribution is -2.16. The molecule has 12 heteroatoms. The Hall–Kier alpha value is -3.54. The van der Waals surface area contributed by atoms with Crippen LogP contribution in [0.25, 0.3) is 16.9 Å². The van der Waals surface area contributed by atoms with E-state index in [-0.39, 0.29) is 12.2 Å². The average Bonchev–Trinajstić information content (AvgIpc) is 3.23. The molecule has 0 aliphatic carbocycles. The van der Waals surface area contributed by atoms with Gasteiger partial charge in [-0.25, -0.2) is 22.2 Å². The standard InChI is InChI=1S/C25H17BrClF2N5O2S/c26-18-14-31-34-23(12-22(32-25(18)34)17-7-1-2-8-19(17)27)30-13-15-5-3-6-16(11-15)33-37(35,36)24-20(28)9-4-10-21(24)29/h1-12,14,30,33H,13H2. The number of hydrogen-bond acceptors (Lipinski definition) is 5. The highest BCUT2D eigenvalue weighted by atomic mass is 79.9. The van der Waals surface area contributed by atoms with Gasteiger partial charge in [-0.2, -0.15) is 9.61 Å². The van der Waals surface area contributed by atoms with E-state index in [1.54, 1.807) is 41.0 Å². The highest BCUT2D eigenvalue weighted by molar-refractivity contribution is 9.10. The average molecular weight is 605 g/mol. The lowest BCUT2D eigenvalue weighted by Gasteiger charge is -2.13. The molecule has 0 amide bonds. The summed E-state index contributed by atoms with van der Waals surface area (Å²) in [6.07, 6.45) is 1.63. The predicted octanol–water partition coefficient (Wildman–Crippen LogP) is 6.50. The number of aromatic nitrogens is 3. The summed E-state index contributed by atoms with van der Waals surface area (Å²) in [5, 5.41) is 8.19. The molecular weight excluding hydrogens is 588 g/mol. The van der Waals surface area contributed by atoms with E-state index in [9.17, 15) is 17.2 Å². The van der Waals surface area contributed by atoms with Crippen LogP contribution in [0.3, 0.4) is 0 Å². The van der Waals surface area contributed by atoms with Gasteiger partial charge in [-0.15, -0.1) is 0 Å². The molecule has 188 valence electrons. The Kier molecular flexibility index (Phi) is 6.84. The van der Waals surface area contributed by atoms with Crippen molar-refractivity contribution in [3.8, 4) is 11.3 Å². The summed E-state index contributed by atoms with van der Waals surface area (Å²) in [6.45, 7) is 0.280. The zero-order valence-electron chi connectivity index (χ0n) is 18.8. The van der Waals surface area contributed by atoms with Crippen LogP contribution in [-0.4, -0.2) is 23.0 Å². The van der Waals surface area contributed by atoms with Gasteiger partial charge >= 0.3 is 0 Å². The van der Waals surface area contributed by atoms with Gasteiger partial charge in [0.2, 0.25) is 0 Å². The first-order chi connectivity index (χ1) is 17.7. The normalized spacial score (nSPS) is 11.6. The molecule has 2 aromatic heterocycles. The van der Waals surface area contributed by atoms with Crippen molar-refractivity contribution in [2.75, 3.05) is 10.0 Å². The number of benzene rings is 3. The first kappa shape index (κ1) is 25.1. The first-order valence-electron chi connectivity index (χ1n) is 10.8. The number of hydrogen-bond donors (Lipinski definition) is 2. The minimum absolute atomic E-state index is 0.153. The second-order valence-corrected chi connectivity index (χ2v) is 10.8. The fraction of sp³-hybridized carbons (Fsp3) is 0.0400. The van der Waals surface area contributed by atoms with Crippen molar-refractivity contribution >= 4 is 54.7 Å². The van der Waals surface area contributed by atoms with Gasteiger partial charge < -0.3 is 5.32 Å². The van der Waals surface area contributed by atoms with Gasteiger partial charge in [0.05, 0.1) is 16.4 Å². The smallest absolute Gasteiger partial charge is 0.267 e. The van der Waals surface area contributed by atoms with Crippen LogP contribution in [0.5, 0.6) is 0 Å². The molecule has 0 unspecified atom stereocenters. The van der Waals surface area contributed by atoms with Gasteiger partial charge in [0.15, 0.2) is 10.5 Å². The number of rotatable bonds is 7. The molecular formula is C25H17BrClF2N5O2S. The summed E-state index contributed by atoms with van der Waals surface area (Å²) in [7, 11) is -4.49. The maximum atomic E-state index is 14.1. The molecule has 7 nitrogen and oxygen atoms in total. The van der Waals surface area contributed by atoms with Crippen molar-refractivity contribution in [2.24, 2.45) is 0 Å². The topological polar surface area (TPSA) is 88.4 Å². The van der Waals surface area contributed by atoms with E-state index < -0.39 is 26.6 Å². The molecule has 3 aromatic carbocycles. The quantitative estimate of drug-likeness (QED) is 0.221. The van der Waals surface area contributed by atoms with Crippen molar-refractivity contribution < 1.29 is 17.2 Å². The fourth-order valence-electron chi connectivity index (χ4n) is 3.75. The monoisotopic (exact) mass is 603 g/mol. The molecule has 0 fully saturated rings. The Bertz CT molecular complexity index is 1730. The summed E-state index contributed by atoms with van der Waals surface area (Å²) in [6, 6.07) is 18.5. The van der Waals surface area contributed by atoms with Crippen molar-refractivity contribution in [3.63, 3.8) is 0 Å². The minimum Gasteiger partial charge on any atom is -0.366 e. The van der Waals surface area contributed by atoms with Gasteiger partial charge in [-0.1, -0.05) is 48.0 Å². The zero-order chi connectivity index (χ0) is 26.2. The van der Waals surface area contributed by atoms with Gasteiger partial charge in [-0.3, -0.25) is 4.72 Å². The molecule has 0 bridgehead atoms. The van der Waals surface area contributed by atoms with Gasteiger partial charge in [0, 0.05) is 28.9 Å². The van der Waals surface area contributed by atoms with E-state index in [0.717, 1.165) is 23.8 Å². The Morgan fingerprint density at radius 2 is 1.70 bits per heavy atom. The molecule has 0 saturated carbocycles. The van der Waals surface area contributed by atoms with E-state index in [4.69, 9.17) is 11.6 Å². The van der Waals surface area contributed by atoms with Crippen LogP contribution in [-0.2, 0) is 16.6 Å². The van der Waals surface area contributed by atoms with E-state index in [2.05, 4.69) is 36.1 Å². The molecule has 37 heavy (non-hydrogen) atoms. The third-order valence-electron chi connectivity index (χ3n) is 5.42. The number of sulfonamides is 1. The lowest BCUT2D eigenvalue weighted by atomic mass is 10.1. The zero-order valence-corrected chi connectivity index (χ0v) is 21.9. The molecule has 0 aliphatic rings. The summed E-state index contributed by atoms with van der Waals surface area (Å²) >= 11 is 9.85. The number of nitrogens with zero attached hydrogens (tertiary/aromatic N) is 3. The van der Waals surface area contributed by atoms with Crippen LogP contribution < -0.4 is 10.0 Å². The van der Waals surface area contributed by atoms with Gasteiger partial charge in [0.25, 0.3) is 10.0 Å². The Balaban J connectivity index is 1.42. The van der Waals surface area contributed by atoms with Crippen LogP contribution in [0.15, 0.2) is 88.4 Å². The predicted molar refractivity (Wildman–Crippen MR) is 142 cm³/mol. The molecule has 0 spiro atoms. The Morgan fingerprint density at radius 3 is 2.46 bits per heavy atom. The fourth-order valence-corrected chi connectivity index (χ4v) is 5.52. The number of anilines is 2. The van der Waals surface area contributed by atoms with Crippen molar-refractivity contribution in [1.82, 2.24) is 14.6 Å². The van der Waals surface area contributed by atoms with Crippen LogP contribution in [0.4, 0.5) is 20.3 Å². The highest BCUT2D eigenvalue weighted by Crippen LogP contribution is 2.30. The molecule has 0 aliphatic heterocycles. The number of fused-ring (bicyclic) bond motifs is 1. The van der Waals surface area contributed by atoms with Crippen molar-refractivity contribution in [3.05, 3.63) is 106 Å². The second-order valence-electron chi connectivity index (χ2n) is 7.94. The van der Waals surface area contributed by atoms with E-state index in [1.165, 1.54) is 6.07 Å². The van der Waals surface area contributed by atoms with Crippen LogP contribution in [0.1, 0.15) is 5.56 Å². The van der Waals surface area contributed by atoms with Crippen LogP contribution in [0.2, 0.25) is 5.02 Å². The molecule has 5 rings (SSSR count). The summed E-state index contributed by atoms with van der Waals surface area (Å²) < 4.78 is 57.9. The second kappa shape index (κ2) is 10.1.